The van der Waals surface area contributed by atoms with E-state index < -0.39 is 10.8 Å². The minimum Gasteiger partial charge on any atom is -0.362 e. The first kappa shape index (κ1) is 17.3. The van der Waals surface area contributed by atoms with Crippen LogP contribution in [-0.2, 0) is 15.0 Å². The molecule has 3 atom stereocenters. The molecule has 3 aliphatic heterocycles. The van der Waals surface area contributed by atoms with Crippen molar-refractivity contribution >= 4 is 11.7 Å². The van der Waals surface area contributed by atoms with Crippen LogP contribution in [0.4, 0.5) is 0 Å². The molecule has 144 valence electrons. The van der Waals surface area contributed by atoms with E-state index in [4.69, 9.17) is 0 Å². The van der Waals surface area contributed by atoms with E-state index in [0.29, 0.717) is 13.0 Å². The molecule has 0 saturated carbocycles. The largest absolute Gasteiger partial charge is 0.362 e. The van der Waals surface area contributed by atoms with Crippen molar-refractivity contribution < 1.29 is 9.59 Å². The first-order valence-corrected chi connectivity index (χ1v) is 9.97. The number of hydrogen-bond acceptors (Lipinski definition) is 5. The number of carbonyl (C=O) groups is 2. The smallest absolute Gasteiger partial charge is 0.229 e. The van der Waals surface area contributed by atoms with Crippen LogP contribution in [-0.4, -0.2) is 36.3 Å². The SMILES string of the molecule is CC[C@@]1(c2ccccc2)C2=CN=NC2NC2=C1C(=O)C[C@@]1(CCN(C)C1=O)C2. The third-order valence-corrected chi connectivity index (χ3v) is 7.02. The second-order valence-corrected chi connectivity index (χ2v) is 8.37. The fourth-order valence-electron chi connectivity index (χ4n) is 5.67. The van der Waals surface area contributed by atoms with Gasteiger partial charge in [-0.3, -0.25) is 9.59 Å². The second-order valence-electron chi connectivity index (χ2n) is 8.37. The van der Waals surface area contributed by atoms with E-state index in [1.165, 1.54) is 0 Å². The lowest BCUT2D eigenvalue weighted by atomic mass is 9.58. The number of nitrogens with one attached hydrogen (secondary N) is 1. The van der Waals surface area contributed by atoms with E-state index in [9.17, 15) is 9.59 Å². The molecule has 4 aliphatic rings. The highest BCUT2D eigenvalue weighted by atomic mass is 16.2. The van der Waals surface area contributed by atoms with Crippen LogP contribution in [0.3, 0.4) is 0 Å². The summed E-state index contributed by atoms with van der Waals surface area (Å²) >= 11 is 0. The maximum absolute atomic E-state index is 13.6. The van der Waals surface area contributed by atoms with Crippen LogP contribution in [0, 0.1) is 5.41 Å². The third kappa shape index (κ3) is 2.09. The minimum atomic E-state index is -0.606. The zero-order chi connectivity index (χ0) is 19.5. The van der Waals surface area contributed by atoms with Crippen molar-refractivity contribution in [2.45, 2.75) is 44.2 Å². The summed E-state index contributed by atoms with van der Waals surface area (Å²) < 4.78 is 0. The lowest BCUT2D eigenvalue weighted by Gasteiger charge is -2.47. The normalized spacial score (nSPS) is 33.9. The number of rotatable bonds is 2. The molecule has 0 bridgehead atoms. The Morgan fingerprint density at radius 3 is 2.68 bits per heavy atom. The first-order valence-electron chi connectivity index (χ1n) is 9.97. The number of allylic oxidation sites excluding steroid dienone is 2. The van der Waals surface area contributed by atoms with Gasteiger partial charge in [0, 0.05) is 43.3 Å². The first-order chi connectivity index (χ1) is 13.5. The molecule has 1 fully saturated rings. The molecule has 0 aromatic heterocycles. The van der Waals surface area contributed by atoms with Gasteiger partial charge < -0.3 is 10.2 Å². The monoisotopic (exact) mass is 376 g/mol. The molecule has 1 aliphatic carbocycles. The number of benzene rings is 1. The van der Waals surface area contributed by atoms with Crippen LogP contribution >= 0.6 is 0 Å². The van der Waals surface area contributed by atoms with Crippen molar-refractivity contribution in [3.8, 4) is 0 Å². The summed E-state index contributed by atoms with van der Waals surface area (Å²) in [4.78, 5) is 28.3. The summed E-state index contributed by atoms with van der Waals surface area (Å²) in [6, 6.07) is 10.2. The maximum atomic E-state index is 13.6. The molecule has 1 spiro atoms. The van der Waals surface area contributed by atoms with Gasteiger partial charge in [0.15, 0.2) is 11.9 Å². The van der Waals surface area contributed by atoms with Crippen molar-refractivity contribution in [1.29, 1.82) is 0 Å². The van der Waals surface area contributed by atoms with Gasteiger partial charge in [-0.05, 0) is 18.4 Å². The van der Waals surface area contributed by atoms with Crippen molar-refractivity contribution in [3.05, 3.63) is 58.9 Å². The highest BCUT2D eigenvalue weighted by molar-refractivity contribution is 6.05. The maximum Gasteiger partial charge on any atom is 0.229 e. The Morgan fingerprint density at radius 1 is 1.21 bits per heavy atom. The highest BCUT2D eigenvalue weighted by Crippen LogP contribution is 2.55. The lowest BCUT2D eigenvalue weighted by molar-refractivity contribution is -0.138. The van der Waals surface area contributed by atoms with Crippen LogP contribution < -0.4 is 5.32 Å². The van der Waals surface area contributed by atoms with Crippen LogP contribution in [0.2, 0.25) is 0 Å². The van der Waals surface area contributed by atoms with Crippen molar-refractivity contribution in [3.63, 3.8) is 0 Å². The quantitative estimate of drug-likeness (QED) is 0.862. The van der Waals surface area contributed by atoms with Crippen LogP contribution in [0.1, 0.15) is 38.2 Å². The summed E-state index contributed by atoms with van der Waals surface area (Å²) in [5.41, 5.74) is 2.67. The summed E-state index contributed by atoms with van der Waals surface area (Å²) in [5.74, 6) is 0.166. The summed E-state index contributed by atoms with van der Waals surface area (Å²) in [5, 5.41) is 12.0. The molecule has 1 unspecified atom stereocenters. The Hall–Kier alpha value is -2.76. The standard InChI is InChI=1S/C22H24N4O2/c1-3-22(14-7-5-4-6-8-14)15-13-23-25-19(15)24-16-11-21(12-17(27)18(16)22)9-10-26(2)20(21)28/h4-8,13,19,24H,3,9-12H2,1-2H3/t19?,21-,22-/m1/s1. The molecule has 28 heavy (non-hydrogen) atoms. The molecular weight excluding hydrogens is 352 g/mol. The number of Topliss-reactive ketones (excluding diaryl/α,β-unsaturated/α-hetero) is 1. The van der Waals surface area contributed by atoms with Crippen LogP contribution in [0.25, 0.3) is 0 Å². The predicted molar refractivity (Wildman–Crippen MR) is 104 cm³/mol. The van der Waals surface area contributed by atoms with E-state index >= 15 is 0 Å². The molecule has 3 heterocycles. The molecule has 1 saturated heterocycles. The predicted octanol–water partition coefficient (Wildman–Crippen LogP) is 3.08. The number of nitrogens with zero attached hydrogens (tertiary/aromatic N) is 3. The zero-order valence-electron chi connectivity index (χ0n) is 16.2. The second kappa shape index (κ2) is 5.87. The fourth-order valence-corrected chi connectivity index (χ4v) is 5.67. The summed E-state index contributed by atoms with van der Waals surface area (Å²) in [6.45, 7) is 2.83. The van der Waals surface area contributed by atoms with Gasteiger partial charge in [-0.25, -0.2) is 0 Å². The van der Waals surface area contributed by atoms with E-state index in [2.05, 4.69) is 34.6 Å². The number of likely N-dealkylation sites (tertiary alicyclic amines) is 1. The van der Waals surface area contributed by atoms with E-state index in [1.807, 2.05) is 31.4 Å². The molecule has 1 amide bonds. The van der Waals surface area contributed by atoms with Gasteiger partial charge in [0.05, 0.1) is 17.0 Å². The Kier molecular flexibility index (Phi) is 3.63. The zero-order valence-corrected chi connectivity index (χ0v) is 16.2. The number of azo groups is 1. The van der Waals surface area contributed by atoms with Crippen molar-refractivity contribution in [2.75, 3.05) is 13.6 Å². The van der Waals surface area contributed by atoms with Gasteiger partial charge in [0.25, 0.3) is 0 Å². The average molecular weight is 376 g/mol. The molecular formula is C22H24N4O2. The minimum absolute atomic E-state index is 0.0781. The molecule has 6 nitrogen and oxygen atoms in total. The van der Waals surface area contributed by atoms with Crippen molar-refractivity contribution in [1.82, 2.24) is 10.2 Å². The number of fused-ring (bicyclic) bond motifs is 1. The number of hydrogen-bond donors (Lipinski definition) is 1. The average Bonchev–Trinajstić information content (AvgIpc) is 3.28. The Labute approximate surface area is 164 Å². The molecule has 1 aromatic rings. The van der Waals surface area contributed by atoms with Gasteiger partial charge in [-0.2, -0.15) is 10.2 Å². The molecule has 1 aromatic carbocycles. The summed E-state index contributed by atoms with van der Waals surface area (Å²) in [6.07, 6.45) is 3.88. The number of amides is 1. The molecule has 0 radical (unpaired) electrons. The van der Waals surface area contributed by atoms with E-state index in [-0.39, 0.29) is 24.3 Å². The number of carbonyl (C=O) groups excluding carboxylic acids is 2. The van der Waals surface area contributed by atoms with Gasteiger partial charge >= 0.3 is 0 Å². The van der Waals surface area contributed by atoms with Gasteiger partial charge in [-0.1, -0.05) is 37.3 Å². The Bertz CT molecular complexity index is 964. The Morgan fingerprint density at radius 2 is 2.00 bits per heavy atom. The fraction of sp³-hybridized carbons (Fsp3) is 0.455. The highest BCUT2D eigenvalue weighted by Gasteiger charge is 2.57. The van der Waals surface area contributed by atoms with Crippen LogP contribution in [0.15, 0.2) is 63.6 Å². The van der Waals surface area contributed by atoms with Crippen LogP contribution in [0.5, 0.6) is 0 Å². The topological polar surface area (TPSA) is 74.1 Å². The van der Waals surface area contributed by atoms with E-state index in [1.54, 1.807) is 4.90 Å². The number of ketones is 1. The van der Waals surface area contributed by atoms with Crippen molar-refractivity contribution in [2.24, 2.45) is 15.6 Å². The Balaban J connectivity index is 1.71. The molecule has 6 heteroatoms. The van der Waals surface area contributed by atoms with Gasteiger partial charge in [-0.15, -0.1) is 0 Å². The third-order valence-electron chi connectivity index (χ3n) is 7.02. The van der Waals surface area contributed by atoms with Gasteiger partial charge in [0.2, 0.25) is 5.91 Å². The lowest BCUT2D eigenvalue weighted by Crippen LogP contribution is -2.53. The van der Waals surface area contributed by atoms with Gasteiger partial charge in [0.1, 0.15) is 0 Å². The summed E-state index contributed by atoms with van der Waals surface area (Å²) in [7, 11) is 1.83. The molecule has 1 N–H and O–H groups in total. The molecule has 5 rings (SSSR count). The van der Waals surface area contributed by atoms with E-state index in [0.717, 1.165) is 35.2 Å².